The third-order valence-electron chi connectivity index (χ3n) is 3.95. The second kappa shape index (κ2) is 9.28. The Morgan fingerprint density at radius 1 is 1.31 bits per heavy atom. The second-order valence-corrected chi connectivity index (χ2v) is 8.13. The van der Waals surface area contributed by atoms with E-state index in [-0.39, 0.29) is 18.1 Å². The Bertz CT molecular complexity index is 814. The molecule has 2 rings (SSSR count). The monoisotopic (exact) mass is 440 g/mol. The van der Waals surface area contributed by atoms with E-state index in [1.165, 1.54) is 24.9 Å². The lowest BCUT2D eigenvalue weighted by atomic mass is 9.89. The molecule has 1 heterocycles. The average Bonchev–Trinajstić information content (AvgIpc) is 2.61. The summed E-state index contributed by atoms with van der Waals surface area (Å²) in [6.45, 7) is 3.80. The lowest BCUT2D eigenvalue weighted by Gasteiger charge is -2.20. The molecule has 1 aromatic carbocycles. The van der Waals surface area contributed by atoms with Crippen molar-refractivity contribution in [2.24, 2.45) is 5.92 Å². The normalized spacial score (nSPS) is 12.2. The molecule has 0 aliphatic carbocycles. The van der Waals surface area contributed by atoms with Crippen molar-refractivity contribution in [3.8, 4) is 5.75 Å². The van der Waals surface area contributed by atoms with Crippen LogP contribution in [0.4, 0.5) is 0 Å². The summed E-state index contributed by atoms with van der Waals surface area (Å²) >= 11 is 4.91. The second-order valence-electron chi connectivity index (χ2n) is 6.16. The lowest BCUT2D eigenvalue weighted by Crippen LogP contribution is -2.16. The minimum absolute atomic E-state index is 0.0162. The highest BCUT2D eigenvalue weighted by atomic mass is 79.9. The zero-order valence-electron chi connectivity index (χ0n) is 14.8. The van der Waals surface area contributed by atoms with E-state index in [0.717, 1.165) is 9.37 Å². The Hall–Kier alpha value is -1.73. The van der Waals surface area contributed by atoms with E-state index >= 15 is 0 Å². The molecule has 140 valence electrons. The van der Waals surface area contributed by atoms with Crippen LogP contribution in [0.2, 0.25) is 0 Å². The van der Waals surface area contributed by atoms with Gasteiger partial charge in [-0.2, -0.15) is 0 Å². The van der Waals surface area contributed by atoms with E-state index in [9.17, 15) is 14.7 Å². The van der Waals surface area contributed by atoms with Gasteiger partial charge in [0.25, 0.3) is 0 Å². The molecule has 5 nitrogen and oxygen atoms in total. The van der Waals surface area contributed by atoms with Crippen LogP contribution in [-0.4, -0.2) is 18.2 Å². The first-order chi connectivity index (χ1) is 12.3. The van der Waals surface area contributed by atoms with Crippen molar-refractivity contribution in [1.29, 1.82) is 0 Å². The van der Waals surface area contributed by atoms with Crippen molar-refractivity contribution in [2.75, 3.05) is 7.11 Å². The maximum Gasteiger partial charge on any atom is 0.306 e. The molecular formula is C19H21BrO5S. The van der Waals surface area contributed by atoms with Crippen LogP contribution in [0, 0.1) is 5.92 Å². The third-order valence-corrected chi connectivity index (χ3v) is 5.51. The molecule has 0 bridgehead atoms. The molecule has 0 saturated carbocycles. The highest BCUT2D eigenvalue weighted by Gasteiger charge is 2.27. The number of aromatic hydroxyl groups is 1. The fourth-order valence-electron chi connectivity index (χ4n) is 2.46. The summed E-state index contributed by atoms with van der Waals surface area (Å²) in [5, 5.41) is 10.2. The first-order valence-electron chi connectivity index (χ1n) is 8.13. The molecule has 0 aliphatic heterocycles. The predicted octanol–water partition coefficient (Wildman–Crippen LogP) is 4.70. The van der Waals surface area contributed by atoms with E-state index in [0.29, 0.717) is 11.5 Å². The number of rotatable bonds is 7. The summed E-state index contributed by atoms with van der Waals surface area (Å²) in [7, 11) is 1.31. The van der Waals surface area contributed by atoms with Crippen LogP contribution in [0.3, 0.4) is 0 Å². The zero-order chi connectivity index (χ0) is 19.3. The Morgan fingerprint density at radius 3 is 2.54 bits per heavy atom. The molecule has 0 saturated heterocycles. The van der Waals surface area contributed by atoms with Crippen LogP contribution < -0.4 is 5.43 Å². The van der Waals surface area contributed by atoms with Crippen LogP contribution in [0.5, 0.6) is 5.75 Å². The Morgan fingerprint density at radius 2 is 1.96 bits per heavy atom. The van der Waals surface area contributed by atoms with Gasteiger partial charge in [-0.1, -0.05) is 29.8 Å². The third kappa shape index (κ3) is 5.38. The first-order valence-corrected chi connectivity index (χ1v) is 9.90. The number of carbonyl (C=O) groups is 1. The van der Waals surface area contributed by atoms with Crippen LogP contribution in [0.15, 0.2) is 48.9 Å². The van der Waals surface area contributed by atoms with Gasteiger partial charge in [-0.3, -0.25) is 9.59 Å². The average molecular weight is 441 g/mol. The van der Waals surface area contributed by atoms with Gasteiger partial charge in [0.1, 0.15) is 5.76 Å². The van der Waals surface area contributed by atoms with Crippen molar-refractivity contribution >= 4 is 33.7 Å². The quantitative estimate of drug-likeness (QED) is 0.496. The van der Waals surface area contributed by atoms with Gasteiger partial charge in [0, 0.05) is 21.4 Å². The van der Waals surface area contributed by atoms with Gasteiger partial charge in [-0.05, 0) is 30.2 Å². The number of esters is 1. The number of methoxy groups -OCH3 is 1. The van der Waals surface area contributed by atoms with Crippen molar-refractivity contribution in [1.82, 2.24) is 0 Å². The highest BCUT2D eigenvalue weighted by Crippen LogP contribution is 2.34. The van der Waals surface area contributed by atoms with E-state index in [2.05, 4.69) is 15.9 Å². The van der Waals surface area contributed by atoms with Crippen molar-refractivity contribution in [3.63, 3.8) is 0 Å². The van der Waals surface area contributed by atoms with Gasteiger partial charge in [-0.25, -0.2) is 0 Å². The van der Waals surface area contributed by atoms with E-state index in [1.807, 2.05) is 38.1 Å². The standard InChI is InChI=1S/C19H21BrO5S/c1-11(2)15(9-17(22)24-3)19-18(23)16(21)8-13(25-19)10-26-14-6-4-12(20)5-7-14/h4-8,11,15,23H,9-10H2,1-3H3/t15-/m1/s1. The van der Waals surface area contributed by atoms with Crippen LogP contribution in [0.25, 0.3) is 0 Å². The van der Waals surface area contributed by atoms with Gasteiger partial charge in [0.2, 0.25) is 11.2 Å². The number of benzene rings is 1. The number of thioether (sulfide) groups is 1. The fraction of sp³-hybridized carbons (Fsp3) is 0.368. The van der Waals surface area contributed by atoms with Gasteiger partial charge in [0.15, 0.2) is 5.76 Å². The van der Waals surface area contributed by atoms with Crippen LogP contribution >= 0.6 is 27.7 Å². The number of hydrogen-bond donors (Lipinski definition) is 1. The van der Waals surface area contributed by atoms with Crippen LogP contribution in [0.1, 0.15) is 37.7 Å². The van der Waals surface area contributed by atoms with Crippen LogP contribution in [-0.2, 0) is 15.3 Å². The number of halogens is 1. The van der Waals surface area contributed by atoms with E-state index in [4.69, 9.17) is 9.15 Å². The molecule has 2 aromatic rings. The summed E-state index contributed by atoms with van der Waals surface area (Å²) in [6.07, 6.45) is 0.0357. The molecule has 0 radical (unpaired) electrons. The first kappa shape index (κ1) is 20.6. The fourth-order valence-corrected chi connectivity index (χ4v) is 3.50. The minimum Gasteiger partial charge on any atom is -0.502 e. The smallest absolute Gasteiger partial charge is 0.306 e. The number of carbonyl (C=O) groups excluding carboxylic acids is 1. The predicted molar refractivity (Wildman–Crippen MR) is 105 cm³/mol. The Balaban J connectivity index is 2.27. The van der Waals surface area contributed by atoms with E-state index in [1.54, 1.807) is 0 Å². The van der Waals surface area contributed by atoms with Crippen molar-refractivity contribution < 1.29 is 19.1 Å². The molecule has 0 spiro atoms. The topological polar surface area (TPSA) is 76.7 Å². The summed E-state index contributed by atoms with van der Waals surface area (Å²) in [5.74, 6) is -0.279. The maximum atomic E-state index is 12.2. The maximum absolute atomic E-state index is 12.2. The Labute approximate surface area is 164 Å². The molecule has 1 atom stereocenters. The van der Waals surface area contributed by atoms with Gasteiger partial charge in [0.05, 0.1) is 19.3 Å². The van der Waals surface area contributed by atoms with Gasteiger partial charge < -0.3 is 14.3 Å². The SMILES string of the molecule is COC(=O)C[C@@H](c1oc(CSc2ccc(Br)cc2)cc(=O)c1O)C(C)C. The van der Waals surface area contributed by atoms with Crippen molar-refractivity contribution in [3.05, 3.63) is 56.5 Å². The summed E-state index contributed by atoms with van der Waals surface area (Å²) in [4.78, 5) is 24.9. The number of ether oxygens (including phenoxy) is 1. The molecule has 0 aliphatic rings. The molecule has 0 fully saturated rings. The molecule has 7 heteroatoms. The number of hydrogen-bond acceptors (Lipinski definition) is 6. The summed E-state index contributed by atoms with van der Waals surface area (Å²) < 4.78 is 11.5. The largest absolute Gasteiger partial charge is 0.502 e. The molecule has 0 unspecified atom stereocenters. The minimum atomic E-state index is -0.506. The molecule has 0 amide bonds. The Kier molecular flexibility index (Phi) is 7.34. The van der Waals surface area contributed by atoms with Gasteiger partial charge in [-0.15, -0.1) is 11.8 Å². The zero-order valence-corrected chi connectivity index (χ0v) is 17.2. The van der Waals surface area contributed by atoms with Crippen molar-refractivity contribution in [2.45, 2.75) is 36.8 Å². The molecule has 1 N–H and O–H groups in total. The molecular weight excluding hydrogens is 420 g/mol. The summed E-state index contributed by atoms with van der Waals surface area (Å²) in [5.41, 5.74) is -0.506. The highest BCUT2D eigenvalue weighted by molar-refractivity contribution is 9.10. The van der Waals surface area contributed by atoms with Gasteiger partial charge >= 0.3 is 5.97 Å². The molecule has 1 aromatic heterocycles. The van der Waals surface area contributed by atoms with E-state index < -0.39 is 23.1 Å². The summed E-state index contributed by atoms with van der Waals surface area (Å²) in [6, 6.07) is 9.09. The molecule has 26 heavy (non-hydrogen) atoms. The lowest BCUT2D eigenvalue weighted by molar-refractivity contribution is -0.141.